The van der Waals surface area contributed by atoms with Crippen LogP contribution in [-0.4, -0.2) is 42.0 Å². The molecule has 0 aromatic heterocycles. The van der Waals surface area contributed by atoms with Gasteiger partial charge in [0.2, 0.25) is 0 Å². The molecule has 0 atom stereocenters. The van der Waals surface area contributed by atoms with Crippen LogP contribution in [0.25, 0.3) is 0 Å². The Kier molecular flexibility index (Phi) is 6.71. The van der Waals surface area contributed by atoms with E-state index >= 15 is 0 Å². The molecule has 62 valence electrons. The smallest absolute Gasteiger partial charge is 0.0931 e. The standard InChI is InChI=1S/C4H10NO5/c6-1-3-9-5(8)10-4-2-7/h6-7H,1-4H2/q-1. The molecule has 0 radical (unpaired) electrons. The second kappa shape index (κ2) is 6.87. The molecule has 0 rings (SSSR count). The van der Waals surface area contributed by atoms with Gasteiger partial charge in [0.25, 0.3) is 0 Å². The van der Waals surface area contributed by atoms with E-state index in [2.05, 4.69) is 9.68 Å². The predicted molar refractivity (Wildman–Crippen MR) is 31.3 cm³/mol. The van der Waals surface area contributed by atoms with E-state index in [0.29, 0.717) is 0 Å². The highest BCUT2D eigenvalue weighted by Crippen LogP contribution is 1.86. The molecule has 0 aliphatic carbocycles. The van der Waals surface area contributed by atoms with Crippen LogP contribution in [0, 0.1) is 5.21 Å². The van der Waals surface area contributed by atoms with Gasteiger partial charge < -0.3 is 15.4 Å². The predicted octanol–water partition coefficient (Wildman–Crippen LogP) is -1.37. The Morgan fingerprint density at radius 2 is 1.50 bits per heavy atom. The van der Waals surface area contributed by atoms with Gasteiger partial charge in [-0.05, 0) is 0 Å². The second-order valence-corrected chi connectivity index (χ2v) is 1.34. The van der Waals surface area contributed by atoms with Gasteiger partial charge in [-0.1, -0.05) is 0 Å². The molecule has 0 fully saturated rings. The fourth-order valence-corrected chi connectivity index (χ4v) is 0.268. The number of rotatable bonds is 6. The van der Waals surface area contributed by atoms with Crippen molar-refractivity contribution in [3.8, 4) is 0 Å². The van der Waals surface area contributed by atoms with E-state index in [4.69, 9.17) is 10.2 Å². The van der Waals surface area contributed by atoms with Crippen molar-refractivity contribution < 1.29 is 19.9 Å². The lowest BCUT2D eigenvalue weighted by molar-refractivity contribution is -0.339. The largest absolute Gasteiger partial charge is 0.738 e. The Balaban J connectivity index is 3.00. The summed E-state index contributed by atoms with van der Waals surface area (Å²) in [7, 11) is 0. The minimum Gasteiger partial charge on any atom is -0.738 e. The van der Waals surface area contributed by atoms with Crippen molar-refractivity contribution in [1.82, 2.24) is 5.39 Å². The first-order chi connectivity index (χ1) is 4.81. The second-order valence-electron chi connectivity index (χ2n) is 1.34. The van der Waals surface area contributed by atoms with Crippen LogP contribution in [0.3, 0.4) is 0 Å². The Morgan fingerprint density at radius 3 is 1.80 bits per heavy atom. The third kappa shape index (κ3) is 5.89. The zero-order chi connectivity index (χ0) is 7.82. The SMILES string of the molecule is [O-]N(OCCO)OCCO. The monoisotopic (exact) mass is 152 g/mol. The molecule has 10 heavy (non-hydrogen) atoms. The summed E-state index contributed by atoms with van der Waals surface area (Å²) in [6, 6.07) is 0. The van der Waals surface area contributed by atoms with E-state index in [1.165, 1.54) is 0 Å². The molecular weight excluding hydrogens is 142 g/mol. The minimum absolute atomic E-state index is 0.116. The summed E-state index contributed by atoms with van der Waals surface area (Å²) in [6.07, 6.45) is 0. The maximum atomic E-state index is 10.2. The lowest BCUT2D eigenvalue weighted by atomic mass is 10.8. The molecule has 6 heteroatoms. The Hall–Kier alpha value is -0.240. The molecule has 0 amide bonds. The summed E-state index contributed by atoms with van der Waals surface area (Å²) < 4.78 is 0. The lowest BCUT2D eigenvalue weighted by Crippen LogP contribution is -2.21. The fourth-order valence-electron chi connectivity index (χ4n) is 0.268. The van der Waals surface area contributed by atoms with Gasteiger partial charge in [0, 0.05) is 0 Å². The number of hydrogen-bond acceptors (Lipinski definition) is 6. The van der Waals surface area contributed by atoms with Crippen molar-refractivity contribution in [3.05, 3.63) is 5.21 Å². The van der Waals surface area contributed by atoms with Crippen molar-refractivity contribution >= 4 is 0 Å². The first kappa shape index (κ1) is 9.76. The van der Waals surface area contributed by atoms with E-state index < -0.39 is 0 Å². The summed E-state index contributed by atoms with van der Waals surface area (Å²) >= 11 is 0. The number of hydrogen-bond donors (Lipinski definition) is 2. The number of aliphatic hydroxyl groups is 2. The zero-order valence-electron chi connectivity index (χ0n) is 5.39. The van der Waals surface area contributed by atoms with Crippen LogP contribution in [0.5, 0.6) is 0 Å². The molecule has 0 aromatic rings. The van der Waals surface area contributed by atoms with Crippen LogP contribution in [0.1, 0.15) is 0 Å². The molecule has 0 saturated carbocycles. The van der Waals surface area contributed by atoms with E-state index in [9.17, 15) is 5.21 Å². The minimum atomic E-state index is -0.249. The summed E-state index contributed by atoms with van der Waals surface area (Å²) in [5, 5.41) is 26.4. The van der Waals surface area contributed by atoms with Crippen LogP contribution < -0.4 is 0 Å². The average Bonchev–Trinajstić information content (AvgIpc) is 1.97. The van der Waals surface area contributed by atoms with Gasteiger partial charge in [-0.2, -0.15) is 0 Å². The van der Waals surface area contributed by atoms with Gasteiger partial charge >= 0.3 is 0 Å². The quantitative estimate of drug-likeness (QED) is 0.457. The maximum Gasteiger partial charge on any atom is 0.0931 e. The van der Waals surface area contributed by atoms with Gasteiger partial charge in [0.15, 0.2) is 0 Å². The van der Waals surface area contributed by atoms with Crippen LogP contribution in [0.2, 0.25) is 0 Å². The highest BCUT2D eigenvalue weighted by Gasteiger charge is 1.89. The topological polar surface area (TPSA) is 85.2 Å². The van der Waals surface area contributed by atoms with Gasteiger partial charge in [0.1, 0.15) is 0 Å². The molecule has 0 aliphatic rings. The maximum absolute atomic E-state index is 10.2. The third-order valence-electron chi connectivity index (χ3n) is 0.576. The van der Waals surface area contributed by atoms with Gasteiger partial charge in [-0.3, -0.25) is 9.68 Å². The first-order valence-electron chi connectivity index (χ1n) is 2.76. The highest BCUT2D eigenvalue weighted by atomic mass is 17.1. The fraction of sp³-hybridized carbons (Fsp3) is 1.00. The van der Waals surface area contributed by atoms with Gasteiger partial charge in [-0.25, -0.2) is 0 Å². The molecule has 2 N–H and O–H groups in total. The first-order valence-corrected chi connectivity index (χ1v) is 2.76. The van der Waals surface area contributed by atoms with Gasteiger partial charge in [0.05, 0.1) is 26.4 Å². The highest BCUT2D eigenvalue weighted by molar-refractivity contribution is 4.24. The van der Waals surface area contributed by atoms with Crippen molar-refractivity contribution in [1.29, 1.82) is 0 Å². The normalized spacial score (nSPS) is 10.8. The molecule has 0 spiro atoms. The van der Waals surface area contributed by atoms with Crippen LogP contribution in [0.15, 0.2) is 0 Å². The van der Waals surface area contributed by atoms with Crippen LogP contribution in [0.4, 0.5) is 0 Å². The van der Waals surface area contributed by atoms with Crippen molar-refractivity contribution in [2.24, 2.45) is 0 Å². The summed E-state index contributed by atoms with van der Waals surface area (Å²) in [4.78, 5) is 8.38. The third-order valence-corrected chi connectivity index (χ3v) is 0.576. The van der Waals surface area contributed by atoms with E-state index in [1.54, 1.807) is 0 Å². The lowest BCUT2D eigenvalue weighted by Gasteiger charge is -2.24. The summed E-state index contributed by atoms with van der Waals surface area (Å²) in [5.41, 5.74) is 0. The average molecular weight is 152 g/mol. The van der Waals surface area contributed by atoms with Crippen LogP contribution in [-0.2, 0) is 9.68 Å². The molecule has 6 nitrogen and oxygen atoms in total. The van der Waals surface area contributed by atoms with Crippen molar-refractivity contribution in [2.75, 3.05) is 26.4 Å². The molecular formula is C4H10NO5-. The Labute approximate surface area is 58.1 Å². The van der Waals surface area contributed by atoms with Crippen molar-refractivity contribution in [2.45, 2.75) is 0 Å². The Bertz CT molecular complexity index is 62.7. The Morgan fingerprint density at radius 1 is 1.10 bits per heavy atom. The zero-order valence-corrected chi connectivity index (χ0v) is 5.39. The molecule has 0 aliphatic heterocycles. The number of nitrogens with zero attached hydrogens (tertiary/aromatic N) is 1. The molecule has 0 bridgehead atoms. The van der Waals surface area contributed by atoms with E-state index in [0.717, 1.165) is 0 Å². The van der Waals surface area contributed by atoms with Crippen LogP contribution >= 0.6 is 0 Å². The summed E-state index contributed by atoms with van der Waals surface area (Å²) in [6.45, 7) is -0.730. The summed E-state index contributed by atoms with van der Waals surface area (Å²) in [5.74, 6) is 0. The number of aliphatic hydroxyl groups excluding tert-OH is 2. The molecule has 0 saturated heterocycles. The molecule has 0 unspecified atom stereocenters. The van der Waals surface area contributed by atoms with E-state index in [1.807, 2.05) is 0 Å². The molecule has 0 aromatic carbocycles. The molecule has 0 heterocycles. The van der Waals surface area contributed by atoms with Crippen molar-refractivity contribution in [3.63, 3.8) is 0 Å². The van der Waals surface area contributed by atoms with Gasteiger partial charge in [-0.15, -0.1) is 5.39 Å². The van der Waals surface area contributed by atoms with E-state index in [-0.39, 0.29) is 31.8 Å².